The van der Waals surface area contributed by atoms with Gasteiger partial charge in [0.25, 0.3) is 0 Å². The fourth-order valence-corrected chi connectivity index (χ4v) is 3.83. The maximum atomic E-state index is 13.2. The van der Waals surface area contributed by atoms with Crippen molar-refractivity contribution in [2.75, 3.05) is 5.32 Å². The van der Waals surface area contributed by atoms with E-state index in [1.807, 2.05) is 30.3 Å². The molecule has 0 amide bonds. The number of aromatic nitrogens is 3. The van der Waals surface area contributed by atoms with E-state index in [-0.39, 0.29) is 17.4 Å². The van der Waals surface area contributed by atoms with Gasteiger partial charge in [-0.05, 0) is 54.2 Å². The van der Waals surface area contributed by atoms with Gasteiger partial charge in [-0.3, -0.25) is 4.79 Å². The van der Waals surface area contributed by atoms with Crippen LogP contribution in [0, 0.1) is 5.92 Å². The van der Waals surface area contributed by atoms with Gasteiger partial charge in [-0.2, -0.15) is 18.2 Å². The number of carbonyl (C=O) groups is 1. The van der Waals surface area contributed by atoms with Gasteiger partial charge in [0.15, 0.2) is 5.65 Å². The topological polar surface area (TPSA) is 59.3 Å². The molecule has 2 aromatic carbocycles. The minimum Gasteiger partial charge on any atom is -0.322 e. The second-order valence-corrected chi connectivity index (χ2v) is 8.38. The molecule has 0 atom stereocenters. The lowest BCUT2D eigenvalue weighted by atomic mass is 10.0. The molecular formula is C25H21F3N4O. The van der Waals surface area contributed by atoms with Gasteiger partial charge in [-0.1, -0.05) is 36.4 Å². The minimum atomic E-state index is -4.48. The normalized spacial score (nSPS) is 13.9. The Morgan fingerprint density at radius 1 is 1.00 bits per heavy atom. The molecule has 0 unspecified atom stereocenters. The van der Waals surface area contributed by atoms with Crippen molar-refractivity contribution in [1.82, 2.24) is 14.6 Å². The Morgan fingerprint density at radius 2 is 1.73 bits per heavy atom. The van der Waals surface area contributed by atoms with Crippen molar-refractivity contribution in [2.45, 2.75) is 31.9 Å². The molecule has 168 valence electrons. The number of halogens is 3. The van der Waals surface area contributed by atoms with Gasteiger partial charge in [0.1, 0.15) is 5.78 Å². The standard InChI is InChI=1S/C25H21F3N4O/c26-25(27,28)21-3-1-2-4-22(21)29-24-30-23-12-11-19(15-32(23)31-24)18-9-7-17(8-10-18)14-20(33)13-16-5-6-16/h1-4,7-12,15-16H,5-6,13-14H2,(H,29,31). The quantitative estimate of drug-likeness (QED) is 0.371. The minimum absolute atomic E-state index is 0.0772. The van der Waals surface area contributed by atoms with Crippen LogP contribution in [0.4, 0.5) is 24.8 Å². The molecule has 0 spiro atoms. The third-order valence-electron chi connectivity index (χ3n) is 5.71. The number of rotatable bonds is 7. The Hall–Kier alpha value is -3.68. The van der Waals surface area contributed by atoms with E-state index < -0.39 is 11.7 Å². The lowest BCUT2D eigenvalue weighted by molar-refractivity contribution is -0.137. The third kappa shape index (κ3) is 4.89. The van der Waals surface area contributed by atoms with Gasteiger partial charge in [0, 0.05) is 24.6 Å². The summed E-state index contributed by atoms with van der Waals surface area (Å²) in [7, 11) is 0. The van der Waals surface area contributed by atoms with Gasteiger partial charge in [-0.15, -0.1) is 5.10 Å². The van der Waals surface area contributed by atoms with Gasteiger partial charge in [-0.25, -0.2) is 4.52 Å². The molecule has 1 aliphatic carbocycles. The summed E-state index contributed by atoms with van der Waals surface area (Å²) in [6, 6.07) is 16.7. The first-order valence-electron chi connectivity index (χ1n) is 10.8. The van der Waals surface area contributed by atoms with E-state index in [9.17, 15) is 18.0 Å². The molecule has 0 saturated heterocycles. The summed E-state index contributed by atoms with van der Waals surface area (Å²) in [4.78, 5) is 16.4. The molecule has 33 heavy (non-hydrogen) atoms. The fourth-order valence-electron chi connectivity index (χ4n) is 3.83. The Kier molecular flexibility index (Phi) is 5.36. The molecule has 1 aliphatic rings. The molecule has 8 heteroatoms. The summed E-state index contributed by atoms with van der Waals surface area (Å²) >= 11 is 0. The zero-order valence-electron chi connectivity index (χ0n) is 17.6. The predicted octanol–water partition coefficient (Wildman–Crippen LogP) is 6.07. The lowest BCUT2D eigenvalue weighted by Gasteiger charge is -2.12. The first-order valence-corrected chi connectivity index (χ1v) is 10.8. The van der Waals surface area contributed by atoms with Gasteiger partial charge in [0.05, 0.1) is 11.3 Å². The van der Waals surface area contributed by atoms with Crippen molar-refractivity contribution in [1.29, 1.82) is 0 Å². The van der Waals surface area contributed by atoms with Crippen LogP contribution in [0.3, 0.4) is 0 Å². The molecule has 1 saturated carbocycles. The number of Topliss-reactive ketones (excluding diaryl/α,β-unsaturated/α-hetero) is 1. The molecule has 1 fully saturated rings. The number of nitrogens with one attached hydrogen (secondary N) is 1. The van der Waals surface area contributed by atoms with Gasteiger partial charge < -0.3 is 5.32 Å². The number of carbonyl (C=O) groups excluding carboxylic acids is 1. The zero-order valence-corrected chi connectivity index (χ0v) is 17.6. The third-order valence-corrected chi connectivity index (χ3v) is 5.71. The lowest BCUT2D eigenvalue weighted by Crippen LogP contribution is -2.09. The molecule has 0 bridgehead atoms. The Bertz CT molecular complexity index is 1310. The monoisotopic (exact) mass is 450 g/mol. The van der Waals surface area contributed by atoms with Crippen molar-refractivity contribution in [3.63, 3.8) is 0 Å². The van der Waals surface area contributed by atoms with Crippen LogP contribution < -0.4 is 5.32 Å². The molecule has 4 aromatic rings. The molecule has 2 heterocycles. The number of hydrogen-bond acceptors (Lipinski definition) is 4. The number of alkyl halides is 3. The van der Waals surface area contributed by atoms with Crippen LogP contribution in [0.2, 0.25) is 0 Å². The molecule has 0 aliphatic heterocycles. The second-order valence-electron chi connectivity index (χ2n) is 8.38. The van der Waals surface area contributed by atoms with Crippen LogP contribution >= 0.6 is 0 Å². The summed E-state index contributed by atoms with van der Waals surface area (Å²) in [6.07, 6.45) is 0.756. The highest BCUT2D eigenvalue weighted by molar-refractivity contribution is 5.81. The molecule has 2 aromatic heterocycles. The molecular weight excluding hydrogens is 429 g/mol. The van der Waals surface area contributed by atoms with Crippen LogP contribution in [-0.2, 0) is 17.4 Å². The van der Waals surface area contributed by atoms with E-state index in [2.05, 4.69) is 15.4 Å². The maximum absolute atomic E-state index is 13.2. The van der Waals surface area contributed by atoms with Crippen molar-refractivity contribution >= 4 is 23.1 Å². The predicted molar refractivity (Wildman–Crippen MR) is 119 cm³/mol. The summed E-state index contributed by atoms with van der Waals surface area (Å²) in [5.74, 6) is 0.947. The summed E-state index contributed by atoms with van der Waals surface area (Å²) in [6.45, 7) is 0. The van der Waals surface area contributed by atoms with Crippen molar-refractivity contribution in [3.8, 4) is 11.1 Å². The van der Waals surface area contributed by atoms with E-state index in [0.29, 0.717) is 24.4 Å². The van der Waals surface area contributed by atoms with Crippen LogP contribution in [-0.4, -0.2) is 20.4 Å². The van der Waals surface area contributed by atoms with Crippen LogP contribution in [0.15, 0.2) is 66.9 Å². The average molecular weight is 450 g/mol. The molecule has 5 rings (SSSR count). The average Bonchev–Trinajstić information content (AvgIpc) is 3.50. The smallest absolute Gasteiger partial charge is 0.322 e. The number of hydrogen-bond donors (Lipinski definition) is 1. The summed E-state index contributed by atoms with van der Waals surface area (Å²) in [5.41, 5.74) is 2.44. The first-order chi connectivity index (χ1) is 15.8. The molecule has 5 nitrogen and oxygen atoms in total. The van der Waals surface area contributed by atoms with Crippen LogP contribution in [0.25, 0.3) is 16.8 Å². The van der Waals surface area contributed by atoms with E-state index in [0.717, 1.165) is 22.8 Å². The highest BCUT2D eigenvalue weighted by atomic mass is 19.4. The van der Waals surface area contributed by atoms with Crippen molar-refractivity contribution < 1.29 is 18.0 Å². The number of benzene rings is 2. The SMILES string of the molecule is O=C(Cc1ccc(-c2ccc3nc(Nc4ccccc4C(F)(F)F)nn3c2)cc1)CC1CC1. The number of fused-ring (bicyclic) bond motifs is 1. The van der Waals surface area contributed by atoms with E-state index in [1.165, 1.54) is 35.6 Å². The van der Waals surface area contributed by atoms with Gasteiger partial charge in [0.2, 0.25) is 5.95 Å². The largest absolute Gasteiger partial charge is 0.418 e. The fraction of sp³-hybridized carbons (Fsp3) is 0.240. The van der Waals surface area contributed by atoms with Crippen LogP contribution in [0.5, 0.6) is 0 Å². The van der Waals surface area contributed by atoms with E-state index >= 15 is 0 Å². The number of nitrogens with zero attached hydrogens (tertiary/aromatic N) is 3. The number of anilines is 2. The zero-order chi connectivity index (χ0) is 23.0. The maximum Gasteiger partial charge on any atom is 0.418 e. The molecule has 1 N–H and O–H groups in total. The van der Waals surface area contributed by atoms with Crippen molar-refractivity contribution in [2.24, 2.45) is 5.92 Å². The highest BCUT2D eigenvalue weighted by Gasteiger charge is 2.33. The second kappa shape index (κ2) is 8.35. The van der Waals surface area contributed by atoms with E-state index in [1.54, 1.807) is 12.3 Å². The molecule has 0 radical (unpaired) electrons. The highest BCUT2D eigenvalue weighted by Crippen LogP contribution is 2.35. The first kappa shape index (κ1) is 21.2. The Labute approximate surface area is 188 Å². The van der Waals surface area contributed by atoms with Crippen LogP contribution in [0.1, 0.15) is 30.4 Å². The summed E-state index contributed by atoms with van der Waals surface area (Å²) < 4.78 is 41.3. The van der Waals surface area contributed by atoms with Crippen molar-refractivity contribution in [3.05, 3.63) is 78.0 Å². The Balaban J connectivity index is 1.34. The van der Waals surface area contributed by atoms with Gasteiger partial charge >= 0.3 is 6.18 Å². The summed E-state index contributed by atoms with van der Waals surface area (Å²) in [5, 5.41) is 6.97. The van der Waals surface area contributed by atoms with E-state index in [4.69, 9.17) is 0 Å². The number of pyridine rings is 1. The number of para-hydroxylation sites is 1. The Morgan fingerprint density at radius 3 is 2.45 bits per heavy atom. The number of ketones is 1.